The van der Waals surface area contributed by atoms with E-state index in [2.05, 4.69) is 9.97 Å². The molecular formula is C11H13N3. The van der Waals surface area contributed by atoms with Gasteiger partial charge >= 0.3 is 0 Å². The number of allylic oxidation sites excluding steroid dienone is 1. The van der Waals surface area contributed by atoms with E-state index in [1.807, 2.05) is 19.9 Å². The minimum Gasteiger partial charge on any atom is -0.257 e. The van der Waals surface area contributed by atoms with Gasteiger partial charge in [0.2, 0.25) is 0 Å². The summed E-state index contributed by atoms with van der Waals surface area (Å²) in [6.45, 7) is 4.06. The Morgan fingerprint density at radius 3 is 2.79 bits per heavy atom. The number of aromatic nitrogens is 2. The number of nitrogens with zero attached hydrogens (tertiary/aromatic N) is 3. The van der Waals surface area contributed by atoms with Crippen LogP contribution in [0.25, 0.3) is 6.08 Å². The fraction of sp³-hybridized carbons (Fsp3) is 0.364. The van der Waals surface area contributed by atoms with Crippen LogP contribution in [0, 0.1) is 11.3 Å². The maximum Gasteiger partial charge on any atom is 0.0912 e. The average Bonchev–Trinajstić information content (AvgIpc) is 2.25. The predicted octanol–water partition coefficient (Wildman–Crippen LogP) is 2.14. The van der Waals surface area contributed by atoms with Crippen LogP contribution in [0.3, 0.4) is 0 Å². The Kier molecular flexibility index (Phi) is 3.81. The van der Waals surface area contributed by atoms with E-state index in [4.69, 9.17) is 5.26 Å². The first-order chi connectivity index (χ1) is 6.81. The van der Waals surface area contributed by atoms with Crippen LogP contribution < -0.4 is 0 Å². The van der Waals surface area contributed by atoms with Crippen molar-refractivity contribution in [3.05, 3.63) is 29.4 Å². The van der Waals surface area contributed by atoms with Crippen LogP contribution in [0.1, 0.15) is 30.9 Å². The minimum atomic E-state index is 0.813. The molecule has 0 aliphatic rings. The lowest BCUT2D eigenvalue weighted by Crippen LogP contribution is -1.99. The lowest BCUT2D eigenvalue weighted by molar-refractivity contribution is 0.926. The molecule has 0 saturated heterocycles. The Morgan fingerprint density at radius 2 is 2.21 bits per heavy atom. The zero-order chi connectivity index (χ0) is 10.4. The second-order valence-corrected chi connectivity index (χ2v) is 2.86. The normalized spacial score (nSPS) is 10.4. The molecule has 1 aromatic rings. The first-order valence-corrected chi connectivity index (χ1v) is 4.72. The molecule has 1 heterocycles. The monoisotopic (exact) mass is 187 g/mol. The molecule has 3 nitrogen and oxygen atoms in total. The van der Waals surface area contributed by atoms with Gasteiger partial charge in [-0.15, -0.1) is 0 Å². The van der Waals surface area contributed by atoms with E-state index in [0.29, 0.717) is 0 Å². The fourth-order valence-electron chi connectivity index (χ4n) is 1.16. The van der Waals surface area contributed by atoms with Crippen molar-refractivity contribution in [2.45, 2.75) is 26.7 Å². The molecule has 0 spiro atoms. The largest absolute Gasteiger partial charge is 0.257 e. The maximum absolute atomic E-state index is 8.43. The molecule has 0 bridgehead atoms. The van der Waals surface area contributed by atoms with Gasteiger partial charge in [-0.2, -0.15) is 5.26 Å². The van der Waals surface area contributed by atoms with Crippen molar-refractivity contribution in [1.29, 1.82) is 5.26 Å². The Labute approximate surface area is 84.1 Å². The molecule has 0 aromatic carbocycles. The summed E-state index contributed by atoms with van der Waals surface area (Å²) in [6.07, 6.45) is 6.64. The standard InChI is InChI=1S/C11H13N3/c1-3-9-8-13-10(4-2)11(14-9)6-5-7-12/h5-6,8H,3-4H2,1-2H3/b6-5-. The molecule has 0 radical (unpaired) electrons. The zero-order valence-electron chi connectivity index (χ0n) is 8.49. The van der Waals surface area contributed by atoms with Crippen molar-refractivity contribution in [3.63, 3.8) is 0 Å². The number of aryl methyl sites for hydroxylation is 2. The highest BCUT2D eigenvalue weighted by Gasteiger charge is 2.01. The van der Waals surface area contributed by atoms with Crippen LogP contribution in [0.5, 0.6) is 0 Å². The lowest BCUT2D eigenvalue weighted by Gasteiger charge is -2.02. The Balaban J connectivity index is 3.09. The van der Waals surface area contributed by atoms with E-state index in [-0.39, 0.29) is 0 Å². The highest BCUT2D eigenvalue weighted by atomic mass is 14.8. The minimum absolute atomic E-state index is 0.813. The van der Waals surface area contributed by atoms with E-state index in [9.17, 15) is 0 Å². The van der Waals surface area contributed by atoms with Crippen LogP contribution in [0.4, 0.5) is 0 Å². The van der Waals surface area contributed by atoms with Crippen molar-refractivity contribution < 1.29 is 0 Å². The summed E-state index contributed by atoms with van der Waals surface area (Å²) in [5.74, 6) is 0. The topological polar surface area (TPSA) is 49.6 Å². The number of nitriles is 1. The van der Waals surface area contributed by atoms with Crippen LogP contribution in [0.2, 0.25) is 0 Å². The molecule has 0 N–H and O–H groups in total. The predicted molar refractivity (Wildman–Crippen MR) is 55.4 cm³/mol. The van der Waals surface area contributed by atoms with Crippen LogP contribution in [0.15, 0.2) is 12.3 Å². The molecule has 0 atom stereocenters. The van der Waals surface area contributed by atoms with Gasteiger partial charge in [0, 0.05) is 12.3 Å². The lowest BCUT2D eigenvalue weighted by atomic mass is 10.2. The van der Waals surface area contributed by atoms with Gasteiger partial charge in [-0.05, 0) is 18.9 Å². The highest BCUT2D eigenvalue weighted by molar-refractivity contribution is 5.50. The summed E-state index contributed by atoms with van der Waals surface area (Å²) in [4.78, 5) is 8.70. The van der Waals surface area contributed by atoms with Gasteiger partial charge in [0.25, 0.3) is 0 Å². The van der Waals surface area contributed by atoms with Gasteiger partial charge in [0.1, 0.15) is 0 Å². The highest BCUT2D eigenvalue weighted by Crippen LogP contribution is 2.07. The average molecular weight is 187 g/mol. The molecule has 14 heavy (non-hydrogen) atoms. The van der Waals surface area contributed by atoms with E-state index in [0.717, 1.165) is 29.9 Å². The summed E-state index contributed by atoms with van der Waals surface area (Å²) in [5, 5.41) is 8.43. The molecule has 0 amide bonds. The molecular weight excluding hydrogens is 174 g/mol. The third-order valence-corrected chi connectivity index (χ3v) is 1.94. The van der Waals surface area contributed by atoms with E-state index < -0.39 is 0 Å². The summed E-state index contributed by atoms with van der Waals surface area (Å²) in [7, 11) is 0. The van der Waals surface area contributed by atoms with E-state index in [1.54, 1.807) is 12.3 Å². The smallest absolute Gasteiger partial charge is 0.0912 e. The molecule has 1 rings (SSSR count). The second-order valence-electron chi connectivity index (χ2n) is 2.86. The molecule has 0 unspecified atom stereocenters. The Bertz CT molecular complexity index is 375. The summed E-state index contributed by atoms with van der Waals surface area (Å²) < 4.78 is 0. The molecule has 0 aliphatic carbocycles. The number of rotatable bonds is 3. The molecule has 72 valence electrons. The van der Waals surface area contributed by atoms with Gasteiger partial charge in [-0.3, -0.25) is 4.98 Å². The summed E-state index contributed by atoms with van der Waals surface area (Å²) in [5.41, 5.74) is 2.71. The van der Waals surface area contributed by atoms with Crippen LogP contribution in [-0.2, 0) is 12.8 Å². The molecule has 1 aromatic heterocycles. The van der Waals surface area contributed by atoms with Crippen LogP contribution in [-0.4, -0.2) is 9.97 Å². The second kappa shape index (κ2) is 5.13. The van der Waals surface area contributed by atoms with Gasteiger partial charge < -0.3 is 0 Å². The number of hydrogen-bond acceptors (Lipinski definition) is 3. The Morgan fingerprint density at radius 1 is 1.43 bits per heavy atom. The van der Waals surface area contributed by atoms with E-state index >= 15 is 0 Å². The summed E-state index contributed by atoms with van der Waals surface area (Å²) >= 11 is 0. The van der Waals surface area contributed by atoms with Gasteiger partial charge in [0.15, 0.2) is 0 Å². The maximum atomic E-state index is 8.43. The molecule has 0 aliphatic heterocycles. The van der Waals surface area contributed by atoms with Gasteiger partial charge in [-0.1, -0.05) is 13.8 Å². The van der Waals surface area contributed by atoms with Gasteiger partial charge in [-0.25, -0.2) is 4.98 Å². The van der Waals surface area contributed by atoms with Crippen molar-refractivity contribution in [2.24, 2.45) is 0 Å². The zero-order valence-corrected chi connectivity index (χ0v) is 8.49. The van der Waals surface area contributed by atoms with Crippen molar-refractivity contribution in [1.82, 2.24) is 9.97 Å². The van der Waals surface area contributed by atoms with Crippen LogP contribution >= 0.6 is 0 Å². The molecule has 0 saturated carbocycles. The first-order valence-electron chi connectivity index (χ1n) is 4.72. The third-order valence-electron chi connectivity index (χ3n) is 1.94. The van der Waals surface area contributed by atoms with Crippen molar-refractivity contribution in [2.75, 3.05) is 0 Å². The van der Waals surface area contributed by atoms with E-state index in [1.165, 1.54) is 6.08 Å². The molecule has 0 fully saturated rings. The molecule has 3 heteroatoms. The first kappa shape index (κ1) is 10.4. The third kappa shape index (κ3) is 2.40. The Hall–Kier alpha value is -1.69. The van der Waals surface area contributed by atoms with Crippen molar-refractivity contribution >= 4 is 6.08 Å². The number of hydrogen-bond donors (Lipinski definition) is 0. The van der Waals surface area contributed by atoms with Gasteiger partial charge in [0.05, 0.1) is 23.2 Å². The van der Waals surface area contributed by atoms with Crippen molar-refractivity contribution in [3.8, 4) is 6.07 Å². The fourth-order valence-corrected chi connectivity index (χ4v) is 1.16. The summed E-state index contributed by atoms with van der Waals surface area (Å²) in [6, 6.07) is 1.96. The SMILES string of the molecule is CCc1cnc(CC)c(/C=C\C#N)n1. The quantitative estimate of drug-likeness (QED) is 0.681.